The Balaban J connectivity index is 1.50. The van der Waals surface area contributed by atoms with Crippen LogP contribution in [0.25, 0.3) is 0 Å². The zero-order valence-corrected chi connectivity index (χ0v) is 14.5. The lowest BCUT2D eigenvalue weighted by Gasteiger charge is -2.30. The summed E-state index contributed by atoms with van der Waals surface area (Å²) >= 11 is 1.94. The third-order valence-corrected chi connectivity index (χ3v) is 6.41. The molecule has 2 heterocycles. The fraction of sp³-hybridized carbons (Fsp3) is 0.429. The van der Waals surface area contributed by atoms with Gasteiger partial charge in [-0.1, -0.05) is 54.6 Å². The summed E-state index contributed by atoms with van der Waals surface area (Å²) in [6, 6.07) is 18.0. The summed E-state index contributed by atoms with van der Waals surface area (Å²) < 4.78 is 0. The number of nitrogens with zero attached hydrogens (tertiary/aromatic N) is 1. The Morgan fingerprint density at radius 1 is 0.826 bits per heavy atom. The monoisotopic (exact) mass is 323 g/mol. The van der Waals surface area contributed by atoms with Gasteiger partial charge in [-0.3, -0.25) is 0 Å². The van der Waals surface area contributed by atoms with Gasteiger partial charge in [0.2, 0.25) is 0 Å². The molecule has 0 spiro atoms. The zero-order chi connectivity index (χ0) is 15.5. The maximum atomic E-state index is 2.67. The number of fused-ring (bicyclic) bond motifs is 2. The summed E-state index contributed by atoms with van der Waals surface area (Å²) in [6.45, 7) is 3.90. The summed E-state index contributed by atoms with van der Waals surface area (Å²) in [5.74, 6) is 0.577. The van der Waals surface area contributed by atoms with Crippen molar-refractivity contribution in [2.45, 2.75) is 47.8 Å². The minimum atomic E-state index is 0.577. The largest absolute Gasteiger partial charge is 0.303 e. The third kappa shape index (κ3) is 3.34. The first-order chi connectivity index (χ1) is 11.4. The Hall–Kier alpha value is -1.25. The van der Waals surface area contributed by atoms with Gasteiger partial charge in [-0.05, 0) is 68.6 Å². The van der Waals surface area contributed by atoms with Crippen LogP contribution in [0.5, 0.6) is 0 Å². The molecule has 4 rings (SSSR count). The molecule has 2 aromatic carbocycles. The smallest absolute Gasteiger partial charge is 0.0160 e. The van der Waals surface area contributed by atoms with Crippen LogP contribution in [0.1, 0.15) is 49.1 Å². The molecule has 2 aromatic rings. The Labute approximate surface area is 144 Å². The van der Waals surface area contributed by atoms with Gasteiger partial charge in [0.1, 0.15) is 0 Å². The van der Waals surface area contributed by atoms with Crippen LogP contribution < -0.4 is 0 Å². The highest BCUT2D eigenvalue weighted by Crippen LogP contribution is 2.47. The Morgan fingerprint density at radius 3 is 2.09 bits per heavy atom. The molecule has 1 fully saturated rings. The highest BCUT2D eigenvalue weighted by Gasteiger charge is 2.25. The molecule has 0 aromatic heterocycles. The minimum absolute atomic E-state index is 0.577. The first-order valence-electron chi connectivity index (χ1n) is 9.00. The lowest BCUT2D eigenvalue weighted by Crippen LogP contribution is -2.30. The lowest BCUT2D eigenvalue weighted by atomic mass is 9.87. The molecule has 1 saturated heterocycles. The summed E-state index contributed by atoms with van der Waals surface area (Å²) in [7, 11) is 0. The van der Waals surface area contributed by atoms with E-state index in [1.807, 2.05) is 11.8 Å². The van der Waals surface area contributed by atoms with Crippen molar-refractivity contribution in [2.24, 2.45) is 0 Å². The van der Waals surface area contributed by atoms with Gasteiger partial charge in [-0.25, -0.2) is 0 Å². The second kappa shape index (κ2) is 7.11. The molecule has 0 N–H and O–H groups in total. The average Bonchev–Trinajstić information content (AvgIpc) is 2.62. The topological polar surface area (TPSA) is 3.24 Å². The van der Waals surface area contributed by atoms with E-state index in [0.717, 1.165) is 0 Å². The summed E-state index contributed by atoms with van der Waals surface area (Å²) in [5.41, 5.74) is 3.07. The highest BCUT2D eigenvalue weighted by molar-refractivity contribution is 7.99. The maximum absolute atomic E-state index is 2.67. The molecule has 0 saturated carbocycles. The van der Waals surface area contributed by atoms with Crippen molar-refractivity contribution >= 4 is 11.8 Å². The van der Waals surface area contributed by atoms with E-state index in [4.69, 9.17) is 0 Å². The van der Waals surface area contributed by atoms with Gasteiger partial charge in [-0.2, -0.15) is 0 Å². The molecule has 2 aliphatic rings. The molecule has 0 atom stereocenters. The standard InChI is InChI=1S/C21H25NS/c1-6-14-22(15-7-1)16-8-11-17-18-9-2-4-12-20(18)23-21-13-5-3-10-19(17)21/h2-5,9-10,12-13,17H,1,6-8,11,14-16H2. The molecule has 0 unspecified atom stereocenters. The van der Waals surface area contributed by atoms with Gasteiger partial charge in [0.05, 0.1) is 0 Å². The molecule has 2 aliphatic heterocycles. The van der Waals surface area contributed by atoms with Crippen molar-refractivity contribution in [1.29, 1.82) is 0 Å². The van der Waals surface area contributed by atoms with E-state index in [0.29, 0.717) is 5.92 Å². The van der Waals surface area contributed by atoms with Gasteiger partial charge in [0.15, 0.2) is 0 Å². The molecule has 0 amide bonds. The van der Waals surface area contributed by atoms with Crippen molar-refractivity contribution in [1.82, 2.24) is 4.90 Å². The summed E-state index contributed by atoms with van der Waals surface area (Å²) in [5, 5.41) is 0. The van der Waals surface area contributed by atoms with E-state index >= 15 is 0 Å². The number of likely N-dealkylation sites (tertiary alicyclic amines) is 1. The number of hydrogen-bond donors (Lipinski definition) is 0. The van der Waals surface area contributed by atoms with Gasteiger partial charge >= 0.3 is 0 Å². The van der Waals surface area contributed by atoms with Crippen molar-refractivity contribution in [3.63, 3.8) is 0 Å². The van der Waals surface area contributed by atoms with Crippen molar-refractivity contribution in [3.05, 3.63) is 59.7 Å². The second-order valence-electron chi connectivity index (χ2n) is 6.77. The van der Waals surface area contributed by atoms with E-state index < -0.39 is 0 Å². The number of rotatable bonds is 4. The van der Waals surface area contributed by atoms with Crippen molar-refractivity contribution < 1.29 is 0 Å². The van der Waals surface area contributed by atoms with Gasteiger partial charge in [0, 0.05) is 15.7 Å². The quantitative estimate of drug-likeness (QED) is 0.726. The predicted octanol–water partition coefficient (Wildman–Crippen LogP) is 5.55. The number of piperidine rings is 1. The molecule has 23 heavy (non-hydrogen) atoms. The third-order valence-electron chi connectivity index (χ3n) is 5.22. The fourth-order valence-corrected chi connectivity index (χ4v) is 5.21. The maximum Gasteiger partial charge on any atom is 0.0160 e. The fourth-order valence-electron chi connectivity index (χ4n) is 4.02. The van der Waals surface area contributed by atoms with Crippen LogP contribution in [0.4, 0.5) is 0 Å². The van der Waals surface area contributed by atoms with E-state index in [9.17, 15) is 0 Å². The van der Waals surface area contributed by atoms with E-state index in [1.165, 1.54) is 72.7 Å². The minimum Gasteiger partial charge on any atom is -0.303 e. The van der Waals surface area contributed by atoms with Crippen LogP contribution in [0.2, 0.25) is 0 Å². The summed E-state index contributed by atoms with van der Waals surface area (Å²) in [6.07, 6.45) is 6.79. The molecule has 1 nitrogen and oxygen atoms in total. The average molecular weight is 324 g/mol. The zero-order valence-electron chi connectivity index (χ0n) is 13.7. The molecule has 2 heteroatoms. The first kappa shape index (κ1) is 15.3. The Bertz CT molecular complexity index is 615. The Kier molecular flexibility index (Phi) is 4.72. The molecular formula is C21H25NS. The van der Waals surface area contributed by atoms with Gasteiger partial charge < -0.3 is 4.90 Å². The normalized spacial score (nSPS) is 18.4. The van der Waals surface area contributed by atoms with E-state index in [-0.39, 0.29) is 0 Å². The molecule has 0 aliphatic carbocycles. The van der Waals surface area contributed by atoms with Gasteiger partial charge in [-0.15, -0.1) is 0 Å². The van der Waals surface area contributed by atoms with E-state index in [1.54, 1.807) is 0 Å². The van der Waals surface area contributed by atoms with Crippen LogP contribution >= 0.6 is 11.8 Å². The second-order valence-corrected chi connectivity index (χ2v) is 7.86. The van der Waals surface area contributed by atoms with Crippen LogP contribution in [-0.4, -0.2) is 24.5 Å². The van der Waals surface area contributed by atoms with Crippen molar-refractivity contribution in [2.75, 3.05) is 19.6 Å². The van der Waals surface area contributed by atoms with Crippen LogP contribution in [0, 0.1) is 0 Å². The lowest BCUT2D eigenvalue weighted by molar-refractivity contribution is 0.223. The predicted molar refractivity (Wildman–Crippen MR) is 98.4 cm³/mol. The SMILES string of the molecule is c1ccc2c(c1)Sc1ccccc1C2CCCN1CCCCC1. The highest BCUT2D eigenvalue weighted by atomic mass is 32.2. The molecule has 0 radical (unpaired) electrons. The number of hydrogen-bond acceptors (Lipinski definition) is 2. The van der Waals surface area contributed by atoms with E-state index in [2.05, 4.69) is 53.4 Å². The van der Waals surface area contributed by atoms with Crippen LogP contribution in [0.15, 0.2) is 58.3 Å². The summed E-state index contributed by atoms with van der Waals surface area (Å²) in [4.78, 5) is 5.57. The molecule has 0 bridgehead atoms. The number of benzene rings is 2. The molecular weight excluding hydrogens is 298 g/mol. The van der Waals surface area contributed by atoms with Crippen LogP contribution in [0.3, 0.4) is 0 Å². The first-order valence-corrected chi connectivity index (χ1v) is 9.81. The van der Waals surface area contributed by atoms with Crippen molar-refractivity contribution in [3.8, 4) is 0 Å². The van der Waals surface area contributed by atoms with Crippen LogP contribution in [-0.2, 0) is 0 Å². The van der Waals surface area contributed by atoms with Gasteiger partial charge in [0.25, 0.3) is 0 Å². The molecule has 120 valence electrons. The Morgan fingerprint density at radius 2 is 1.43 bits per heavy atom.